The number of allylic oxidation sites excluding steroid dienone is 2. The molecule has 1 aromatic carbocycles. The molecule has 0 spiro atoms. The molecule has 0 fully saturated rings. The number of halogens is 1. The van der Waals surface area contributed by atoms with Gasteiger partial charge < -0.3 is 9.16 Å². The Balaban J connectivity index is 3.32. The van der Waals surface area contributed by atoms with Crippen LogP contribution in [0.25, 0.3) is 0 Å². The normalized spacial score (nSPS) is 12.9. The summed E-state index contributed by atoms with van der Waals surface area (Å²) in [4.78, 5) is 11.4. The molecule has 0 aliphatic rings. The Labute approximate surface area is 177 Å². The average molecular weight is 425 g/mol. The maximum atomic E-state index is 11.4. The van der Waals surface area contributed by atoms with Crippen LogP contribution in [-0.4, -0.2) is 21.4 Å². The van der Waals surface area contributed by atoms with Gasteiger partial charge in [0.2, 0.25) is 0 Å². The molecule has 0 saturated heterocycles. The van der Waals surface area contributed by atoms with E-state index in [0.29, 0.717) is 12.8 Å². The van der Waals surface area contributed by atoms with Gasteiger partial charge in [-0.15, -0.1) is 0 Å². The SMILES string of the molecule is COC(=O)CC/C(C)=C/Cc1c(C)c(C)c(C)c(Cl)c1O[Si](C)(C)C(C)(C)C. The van der Waals surface area contributed by atoms with Crippen molar-refractivity contribution in [1.82, 2.24) is 0 Å². The minimum atomic E-state index is -2.03. The number of esters is 1. The lowest BCUT2D eigenvalue weighted by molar-refractivity contribution is -0.140. The van der Waals surface area contributed by atoms with Crippen molar-refractivity contribution < 1.29 is 14.0 Å². The van der Waals surface area contributed by atoms with Gasteiger partial charge in [-0.2, -0.15) is 0 Å². The molecule has 1 aromatic rings. The van der Waals surface area contributed by atoms with E-state index in [2.05, 4.69) is 67.6 Å². The van der Waals surface area contributed by atoms with E-state index in [1.165, 1.54) is 18.2 Å². The molecular formula is C23H37ClO3Si. The third-order valence-electron chi connectivity index (χ3n) is 6.15. The second kappa shape index (κ2) is 9.49. The lowest BCUT2D eigenvalue weighted by Gasteiger charge is -2.38. The summed E-state index contributed by atoms with van der Waals surface area (Å²) >= 11 is 6.78. The maximum Gasteiger partial charge on any atom is 0.305 e. The molecule has 158 valence electrons. The molecule has 0 N–H and O–H groups in total. The first-order valence-corrected chi connectivity index (χ1v) is 13.2. The molecule has 0 atom stereocenters. The molecule has 0 aliphatic heterocycles. The fourth-order valence-corrected chi connectivity index (χ4v) is 4.09. The predicted octanol–water partition coefficient (Wildman–Crippen LogP) is 7.09. The summed E-state index contributed by atoms with van der Waals surface area (Å²) in [5.74, 6) is 0.658. The molecule has 1 rings (SSSR count). The summed E-state index contributed by atoms with van der Waals surface area (Å²) in [6.45, 7) is 19.6. The van der Waals surface area contributed by atoms with Crippen LogP contribution >= 0.6 is 11.6 Å². The minimum absolute atomic E-state index is 0.0898. The van der Waals surface area contributed by atoms with Crippen LogP contribution in [0.2, 0.25) is 23.2 Å². The Hall–Kier alpha value is -1.26. The first-order chi connectivity index (χ1) is 12.7. The van der Waals surface area contributed by atoms with Crippen LogP contribution in [0.5, 0.6) is 5.75 Å². The zero-order valence-corrected chi connectivity index (χ0v) is 21.1. The zero-order valence-electron chi connectivity index (χ0n) is 19.3. The van der Waals surface area contributed by atoms with Crippen LogP contribution in [0, 0.1) is 20.8 Å². The Morgan fingerprint density at radius 1 is 1.07 bits per heavy atom. The van der Waals surface area contributed by atoms with Crippen LogP contribution in [-0.2, 0) is 16.0 Å². The predicted molar refractivity (Wildman–Crippen MR) is 122 cm³/mol. The highest BCUT2D eigenvalue weighted by Crippen LogP contribution is 2.43. The number of rotatable bonds is 7. The van der Waals surface area contributed by atoms with Crippen molar-refractivity contribution >= 4 is 25.9 Å². The number of methoxy groups -OCH3 is 1. The van der Waals surface area contributed by atoms with Crippen molar-refractivity contribution in [3.05, 3.63) is 38.9 Å². The van der Waals surface area contributed by atoms with Crippen molar-refractivity contribution in [2.75, 3.05) is 7.11 Å². The van der Waals surface area contributed by atoms with E-state index in [0.717, 1.165) is 33.9 Å². The second-order valence-electron chi connectivity index (χ2n) is 9.19. The second-order valence-corrected chi connectivity index (χ2v) is 14.3. The van der Waals surface area contributed by atoms with Gasteiger partial charge in [-0.3, -0.25) is 4.79 Å². The third-order valence-corrected chi connectivity index (χ3v) is 10.9. The van der Waals surface area contributed by atoms with Crippen molar-refractivity contribution in [2.45, 2.75) is 85.9 Å². The summed E-state index contributed by atoms with van der Waals surface area (Å²) in [6, 6.07) is 0. The summed E-state index contributed by atoms with van der Waals surface area (Å²) in [5.41, 5.74) is 5.84. The molecule has 5 heteroatoms. The quantitative estimate of drug-likeness (QED) is 0.266. The molecule has 0 unspecified atom stereocenters. The molecule has 0 radical (unpaired) electrons. The molecule has 0 heterocycles. The fourth-order valence-electron chi connectivity index (χ4n) is 2.69. The topological polar surface area (TPSA) is 35.5 Å². The van der Waals surface area contributed by atoms with Gasteiger partial charge in [0.15, 0.2) is 0 Å². The maximum absolute atomic E-state index is 11.4. The van der Waals surface area contributed by atoms with Crippen molar-refractivity contribution in [2.24, 2.45) is 0 Å². The average Bonchev–Trinajstić information content (AvgIpc) is 2.60. The van der Waals surface area contributed by atoms with Crippen molar-refractivity contribution in [1.29, 1.82) is 0 Å². The van der Waals surface area contributed by atoms with Crippen LogP contribution in [0.3, 0.4) is 0 Å². The van der Waals surface area contributed by atoms with Gasteiger partial charge in [0.1, 0.15) is 5.75 Å². The van der Waals surface area contributed by atoms with Gasteiger partial charge in [-0.1, -0.05) is 44.0 Å². The third kappa shape index (κ3) is 5.87. The summed E-state index contributed by atoms with van der Waals surface area (Å²) < 4.78 is 11.4. The van der Waals surface area contributed by atoms with Gasteiger partial charge in [-0.05, 0) is 75.4 Å². The van der Waals surface area contributed by atoms with E-state index >= 15 is 0 Å². The van der Waals surface area contributed by atoms with Crippen LogP contribution in [0.4, 0.5) is 0 Å². The highest BCUT2D eigenvalue weighted by atomic mass is 35.5. The van der Waals surface area contributed by atoms with Crippen molar-refractivity contribution in [3.63, 3.8) is 0 Å². The largest absolute Gasteiger partial charge is 0.542 e. The van der Waals surface area contributed by atoms with E-state index < -0.39 is 8.32 Å². The van der Waals surface area contributed by atoms with E-state index in [9.17, 15) is 4.79 Å². The molecule has 0 bridgehead atoms. The number of hydrogen-bond donors (Lipinski definition) is 0. The van der Waals surface area contributed by atoms with E-state index in [1.54, 1.807) is 0 Å². The van der Waals surface area contributed by atoms with Gasteiger partial charge in [0.25, 0.3) is 8.32 Å². The monoisotopic (exact) mass is 424 g/mol. The number of hydrogen-bond acceptors (Lipinski definition) is 3. The summed E-state index contributed by atoms with van der Waals surface area (Å²) in [7, 11) is -0.606. The Morgan fingerprint density at radius 2 is 1.64 bits per heavy atom. The lowest BCUT2D eigenvalue weighted by atomic mass is 9.94. The van der Waals surface area contributed by atoms with E-state index in [4.69, 9.17) is 20.8 Å². The van der Waals surface area contributed by atoms with Crippen LogP contribution in [0.15, 0.2) is 11.6 Å². The molecule has 0 amide bonds. The summed E-state index contributed by atoms with van der Waals surface area (Å²) in [6.07, 6.45) is 4.01. The van der Waals surface area contributed by atoms with Crippen LogP contribution < -0.4 is 4.43 Å². The van der Waals surface area contributed by atoms with Gasteiger partial charge in [0.05, 0.1) is 12.1 Å². The molecule has 28 heavy (non-hydrogen) atoms. The molecule has 0 aliphatic carbocycles. The molecule has 0 saturated carbocycles. The highest BCUT2D eigenvalue weighted by Gasteiger charge is 2.40. The summed E-state index contributed by atoms with van der Waals surface area (Å²) in [5, 5.41) is 0.815. The minimum Gasteiger partial charge on any atom is -0.542 e. The number of carbonyl (C=O) groups excluding carboxylic acids is 1. The zero-order chi connectivity index (χ0) is 21.9. The van der Waals surface area contributed by atoms with Gasteiger partial charge in [0, 0.05) is 12.0 Å². The van der Waals surface area contributed by atoms with E-state index in [1.807, 2.05) is 0 Å². The molecule has 3 nitrogen and oxygen atoms in total. The molecular weight excluding hydrogens is 388 g/mol. The van der Waals surface area contributed by atoms with Gasteiger partial charge >= 0.3 is 5.97 Å². The number of carbonyl (C=O) groups is 1. The van der Waals surface area contributed by atoms with Gasteiger partial charge in [-0.25, -0.2) is 0 Å². The van der Waals surface area contributed by atoms with E-state index in [-0.39, 0.29) is 11.0 Å². The number of ether oxygens (including phenoxy) is 1. The smallest absolute Gasteiger partial charge is 0.305 e. The standard InChI is InChI=1S/C23H37ClO3Si/c1-15(12-14-20(25)26-8)11-13-19-17(3)16(2)18(4)21(24)22(19)27-28(9,10)23(5,6)7/h11H,12-14H2,1-10H3/b15-11+. The van der Waals surface area contributed by atoms with Crippen molar-refractivity contribution in [3.8, 4) is 5.75 Å². The lowest BCUT2D eigenvalue weighted by Crippen LogP contribution is -2.44. The Morgan fingerprint density at radius 3 is 2.14 bits per heavy atom. The first-order valence-electron chi connectivity index (χ1n) is 9.92. The number of benzene rings is 1. The fraction of sp³-hybridized carbons (Fsp3) is 0.609. The molecule has 0 aromatic heterocycles. The first kappa shape index (κ1) is 24.8. The highest BCUT2D eigenvalue weighted by molar-refractivity contribution is 6.74. The Kier molecular flexibility index (Phi) is 8.40. The Bertz CT molecular complexity index is 758. The van der Waals surface area contributed by atoms with Crippen LogP contribution in [0.1, 0.15) is 62.8 Å².